The van der Waals surface area contributed by atoms with E-state index in [2.05, 4.69) is 34.6 Å². The highest BCUT2D eigenvalue weighted by molar-refractivity contribution is 5.90. The minimum absolute atomic E-state index is 0.00350. The van der Waals surface area contributed by atoms with Gasteiger partial charge in [0.15, 0.2) is 5.82 Å². The quantitative estimate of drug-likeness (QED) is 0.339. The number of carbonyl (C=O) groups excluding carboxylic acids is 1. The SMILES string of the molecule is O=C(CCCc1ccccc1)Nc1ncc(-c2ccc(CO)cc2)nc1CCc1ccccc1. The highest BCUT2D eigenvalue weighted by Gasteiger charge is 2.13. The fraction of sp³-hybridized carbons (Fsp3) is 0.207. The molecule has 172 valence electrons. The molecule has 0 saturated heterocycles. The Labute approximate surface area is 200 Å². The van der Waals surface area contributed by atoms with Crippen molar-refractivity contribution >= 4 is 11.7 Å². The van der Waals surface area contributed by atoms with Gasteiger partial charge in [0.05, 0.1) is 24.2 Å². The molecule has 1 heterocycles. The summed E-state index contributed by atoms with van der Waals surface area (Å²) in [6, 6.07) is 28.0. The van der Waals surface area contributed by atoms with E-state index in [0.29, 0.717) is 18.7 Å². The number of hydrogen-bond donors (Lipinski definition) is 2. The molecule has 0 aliphatic carbocycles. The highest BCUT2D eigenvalue weighted by Crippen LogP contribution is 2.22. The van der Waals surface area contributed by atoms with Crippen LogP contribution in [0.3, 0.4) is 0 Å². The molecule has 1 amide bonds. The molecule has 0 aliphatic heterocycles. The van der Waals surface area contributed by atoms with E-state index in [0.717, 1.165) is 41.8 Å². The number of aryl methyl sites for hydroxylation is 3. The lowest BCUT2D eigenvalue weighted by atomic mass is 10.1. The Kier molecular flexibility index (Phi) is 8.14. The van der Waals surface area contributed by atoms with E-state index in [1.807, 2.05) is 60.7 Å². The van der Waals surface area contributed by atoms with E-state index in [4.69, 9.17) is 4.98 Å². The molecule has 5 heteroatoms. The predicted molar refractivity (Wildman–Crippen MR) is 135 cm³/mol. The van der Waals surface area contributed by atoms with Crippen molar-refractivity contribution in [3.8, 4) is 11.3 Å². The largest absolute Gasteiger partial charge is 0.392 e. The first kappa shape index (κ1) is 23.3. The molecular weight excluding hydrogens is 422 g/mol. The van der Waals surface area contributed by atoms with E-state index in [9.17, 15) is 9.90 Å². The van der Waals surface area contributed by atoms with Gasteiger partial charge in [-0.25, -0.2) is 9.97 Å². The van der Waals surface area contributed by atoms with Crippen molar-refractivity contribution in [3.63, 3.8) is 0 Å². The summed E-state index contributed by atoms with van der Waals surface area (Å²) in [5, 5.41) is 12.3. The van der Waals surface area contributed by atoms with Crippen LogP contribution in [0.2, 0.25) is 0 Å². The lowest BCUT2D eigenvalue weighted by Gasteiger charge is -2.12. The van der Waals surface area contributed by atoms with E-state index < -0.39 is 0 Å². The van der Waals surface area contributed by atoms with Crippen LogP contribution in [0.5, 0.6) is 0 Å². The number of aromatic nitrogens is 2. The van der Waals surface area contributed by atoms with Crippen molar-refractivity contribution in [2.24, 2.45) is 0 Å². The van der Waals surface area contributed by atoms with Crippen LogP contribution in [-0.2, 0) is 30.7 Å². The van der Waals surface area contributed by atoms with Gasteiger partial charge in [-0.1, -0.05) is 84.9 Å². The number of aliphatic hydroxyl groups excluding tert-OH is 1. The number of anilines is 1. The number of nitrogens with one attached hydrogen (secondary N) is 1. The van der Waals surface area contributed by atoms with E-state index in [-0.39, 0.29) is 12.5 Å². The molecular formula is C29H29N3O2. The van der Waals surface area contributed by atoms with E-state index >= 15 is 0 Å². The Balaban J connectivity index is 1.47. The van der Waals surface area contributed by atoms with Gasteiger partial charge < -0.3 is 10.4 Å². The summed E-state index contributed by atoms with van der Waals surface area (Å²) in [6.07, 6.45) is 5.23. The summed E-state index contributed by atoms with van der Waals surface area (Å²) in [6.45, 7) is 0.00350. The standard InChI is InChI=1S/C29H29N3O2/c33-21-24-14-17-25(18-15-24)27-20-30-29(26(31-27)19-16-23-10-5-2-6-11-23)32-28(34)13-7-12-22-8-3-1-4-9-22/h1-6,8-11,14-15,17-18,20,33H,7,12-13,16,19,21H2,(H,30,32,34). The van der Waals surface area contributed by atoms with Crippen molar-refractivity contribution in [3.05, 3.63) is 114 Å². The third kappa shape index (κ3) is 6.59. The summed E-state index contributed by atoms with van der Waals surface area (Å²) in [5.41, 5.74) is 5.72. The molecule has 4 rings (SSSR count). The van der Waals surface area contributed by atoms with Gasteiger partial charge in [0.2, 0.25) is 5.91 Å². The van der Waals surface area contributed by atoms with Crippen LogP contribution in [-0.4, -0.2) is 21.0 Å². The van der Waals surface area contributed by atoms with Gasteiger partial charge in [0.1, 0.15) is 0 Å². The summed E-state index contributed by atoms with van der Waals surface area (Å²) in [7, 11) is 0. The molecule has 0 spiro atoms. The van der Waals surface area contributed by atoms with Crippen molar-refractivity contribution in [2.75, 3.05) is 5.32 Å². The molecule has 0 fully saturated rings. The Hall–Kier alpha value is -3.83. The summed E-state index contributed by atoms with van der Waals surface area (Å²) >= 11 is 0. The van der Waals surface area contributed by atoms with Crippen LogP contribution in [0.25, 0.3) is 11.3 Å². The maximum Gasteiger partial charge on any atom is 0.225 e. The molecule has 5 nitrogen and oxygen atoms in total. The third-order valence-corrected chi connectivity index (χ3v) is 5.74. The smallest absolute Gasteiger partial charge is 0.225 e. The molecule has 4 aromatic rings. The minimum Gasteiger partial charge on any atom is -0.392 e. The van der Waals surface area contributed by atoms with Crippen molar-refractivity contribution in [2.45, 2.75) is 38.7 Å². The summed E-state index contributed by atoms with van der Waals surface area (Å²) in [4.78, 5) is 22.1. The molecule has 0 saturated carbocycles. The Morgan fingerprint density at radius 2 is 1.41 bits per heavy atom. The van der Waals surface area contributed by atoms with Crippen LogP contribution in [0.15, 0.2) is 91.1 Å². The second-order valence-corrected chi connectivity index (χ2v) is 8.28. The molecule has 1 aromatic heterocycles. The van der Waals surface area contributed by atoms with Crippen LogP contribution in [0, 0.1) is 0 Å². The fourth-order valence-corrected chi connectivity index (χ4v) is 3.83. The zero-order valence-electron chi connectivity index (χ0n) is 19.2. The second kappa shape index (κ2) is 11.9. The third-order valence-electron chi connectivity index (χ3n) is 5.74. The number of amides is 1. The maximum absolute atomic E-state index is 12.7. The molecule has 0 unspecified atom stereocenters. The average molecular weight is 452 g/mol. The van der Waals surface area contributed by atoms with Gasteiger partial charge in [-0.3, -0.25) is 4.79 Å². The normalized spacial score (nSPS) is 10.7. The minimum atomic E-state index is -0.0498. The molecule has 0 bridgehead atoms. The van der Waals surface area contributed by atoms with Crippen LogP contribution in [0.4, 0.5) is 5.82 Å². The molecule has 3 aromatic carbocycles. The zero-order valence-corrected chi connectivity index (χ0v) is 19.2. The molecule has 2 N–H and O–H groups in total. The number of nitrogens with zero attached hydrogens (tertiary/aromatic N) is 2. The first-order valence-corrected chi connectivity index (χ1v) is 11.6. The number of benzene rings is 3. The number of aliphatic hydroxyl groups is 1. The van der Waals surface area contributed by atoms with E-state index in [1.165, 1.54) is 11.1 Å². The van der Waals surface area contributed by atoms with Crippen LogP contribution < -0.4 is 5.32 Å². The molecule has 0 aliphatic rings. The van der Waals surface area contributed by atoms with E-state index in [1.54, 1.807) is 6.20 Å². The number of rotatable bonds is 10. The number of hydrogen-bond acceptors (Lipinski definition) is 4. The maximum atomic E-state index is 12.7. The Morgan fingerprint density at radius 1 is 0.765 bits per heavy atom. The first-order valence-electron chi connectivity index (χ1n) is 11.6. The molecule has 0 atom stereocenters. The van der Waals surface area contributed by atoms with Crippen molar-refractivity contribution in [1.82, 2.24) is 9.97 Å². The van der Waals surface area contributed by atoms with Gasteiger partial charge in [0, 0.05) is 12.0 Å². The number of carbonyl (C=O) groups is 1. The summed E-state index contributed by atoms with van der Waals surface area (Å²) < 4.78 is 0. The van der Waals surface area contributed by atoms with Crippen LogP contribution in [0.1, 0.15) is 35.2 Å². The van der Waals surface area contributed by atoms with Crippen molar-refractivity contribution < 1.29 is 9.90 Å². The average Bonchev–Trinajstić information content (AvgIpc) is 2.89. The van der Waals surface area contributed by atoms with Gasteiger partial charge in [-0.15, -0.1) is 0 Å². The molecule has 0 radical (unpaired) electrons. The van der Waals surface area contributed by atoms with Crippen LogP contribution >= 0.6 is 0 Å². The fourth-order valence-electron chi connectivity index (χ4n) is 3.83. The zero-order chi connectivity index (χ0) is 23.6. The lowest BCUT2D eigenvalue weighted by molar-refractivity contribution is -0.116. The van der Waals surface area contributed by atoms with Gasteiger partial charge >= 0.3 is 0 Å². The highest BCUT2D eigenvalue weighted by atomic mass is 16.3. The van der Waals surface area contributed by atoms with Gasteiger partial charge in [-0.05, 0) is 42.4 Å². The lowest BCUT2D eigenvalue weighted by Crippen LogP contribution is -2.15. The van der Waals surface area contributed by atoms with Gasteiger partial charge in [-0.2, -0.15) is 0 Å². The second-order valence-electron chi connectivity index (χ2n) is 8.28. The Morgan fingerprint density at radius 3 is 2.06 bits per heavy atom. The topological polar surface area (TPSA) is 75.1 Å². The summed E-state index contributed by atoms with van der Waals surface area (Å²) in [5.74, 6) is 0.475. The first-order chi connectivity index (χ1) is 16.7. The monoisotopic (exact) mass is 451 g/mol. The van der Waals surface area contributed by atoms with Gasteiger partial charge in [0.25, 0.3) is 0 Å². The Bertz CT molecular complexity index is 1190. The molecule has 34 heavy (non-hydrogen) atoms. The van der Waals surface area contributed by atoms with Crippen molar-refractivity contribution in [1.29, 1.82) is 0 Å². The predicted octanol–water partition coefficient (Wildman–Crippen LogP) is 5.38.